The molecule has 2 aromatic carbocycles. The molecule has 0 radical (unpaired) electrons. The summed E-state index contributed by atoms with van der Waals surface area (Å²) >= 11 is 1.87. The molecular formula is C28H36N2S. The maximum absolute atomic E-state index is 5.77. The number of aryl methyl sites for hydroxylation is 3. The molecule has 2 aromatic rings. The van der Waals surface area contributed by atoms with Gasteiger partial charge in [0.25, 0.3) is 0 Å². The Labute approximate surface area is 192 Å². The van der Waals surface area contributed by atoms with Crippen molar-refractivity contribution in [3.8, 4) is 0 Å². The molecule has 0 fully saturated rings. The molecule has 164 valence electrons. The SMILES string of the molecule is CC1=C(c2ccc3c(c2)C(C)CCCC3)SC=C(Cc2cc(C)c(CCN)cc2C)N1. The number of fused-ring (bicyclic) bond motifs is 1. The molecule has 1 unspecified atom stereocenters. The number of benzene rings is 2. The van der Waals surface area contributed by atoms with Crippen molar-refractivity contribution in [3.63, 3.8) is 0 Å². The molecule has 31 heavy (non-hydrogen) atoms. The minimum atomic E-state index is 0.666. The molecule has 2 aliphatic rings. The molecule has 2 nitrogen and oxygen atoms in total. The van der Waals surface area contributed by atoms with Crippen LogP contribution in [0.2, 0.25) is 0 Å². The van der Waals surface area contributed by atoms with E-state index in [0.29, 0.717) is 12.5 Å². The highest BCUT2D eigenvalue weighted by molar-refractivity contribution is 8.11. The predicted octanol–water partition coefficient (Wildman–Crippen LogP) is 6.74. The molecule has 0 saturated heterocycles. The predicted molar refractivity (Wildman–Crippen MR) is 136 cm³/mol. The third-order valence-corrected chi connectivity index (χ3v) is 8.05. The number of rotatable bonds is 5. The Bertz CT molecular complexity index is 1030. The van der Waals surface area contributed by atoms with E-state index >= 15 is 0 Å². The Kier molecular flexibility index (Phi) is 6.93. The highest BCUT2D eigenvalue weighted by atomic mass is 32.2. The van der Waals surface area contributed by atoms with Crippen LogP contribution in [-0.4, -0.2) is 6.54 Å². The zero-order valence-electron chi connectivity index (χ0n) is 19.5. The van der Waals surface area contributed by atoms with Gasteiger partial charge >= 0.3 is 0 Å². The molecule has 0 spiro atoms. The minimum Gasteiger partial charge on any atom is -0.361 e. The highest BCUT2D eigenvalue weighted by Crippen LogP contribution is 2.39. The van der Waals surface area contributed by atoms with Gasteiger partial charge in [0, 0.05) is 22.7 Å². The Balaban J connectivity index is 1.52. The van der Waals surface area contributed by atoms with Crippen molar-refractivity contribution in [2.75, 3.05) is 6.54 Å². The van der Waals surface area contributed by atoms with Crippen molar-refractivity contribution in [1.29, 1.82) is 0 Å². The number of allylic oxidation sites excluding steroid dienone is 2. The fraction of sp³-hybridized carbons (Fsp3) is 0.429. The fourth-order valence-corrected chi connectivity index (χ4v) is 5.91. The average molecular weight is 433 g/mol. The molecule has 0 saturated carbocycles. The second-order valence-corrected chi connectivity index (χ2v) is 10.2. The molecule has 1 aliphatic carbocycles. The molecule has 1 heterocycles. The van der Waals surface area contributed by atoms with Gasteiger partial charge in [-0.05, 0) is 103 Å². The van der Waals surface area contributed by atoms with E-state index < -0.39 is 0 Å². The first-order valence-electron chi connectivity index (χ1n) is 11.7. The largest absolute Gasteiger partial charge is 0.361 e. The van der Waals surface area contributed by atoms with Crippen LogP contribution < -0.4 is 11.1 Å². The third kappa shape index (κ3) is 4.94. The van der Waals surface area contributed by atoms with Crippen LogP contribution in [0.1, 0.15) is 78.0 Å². The normalized spacial score (nSPS) is 18.9. The van der Waals surface area contributed by atoms with Gasteiger partial charge in [-0.25, -0.2) is 0 Å². The molecule has 4 rings (SSSR count). The summed E-state index contributed by atoms with van der Waals surface area (Å²) in [6, 6.07) is 11.8. The summed E-state index contributed by atoms with van der Waals surface area (Å²) in [5, 5.41) is 6.01. The van der Waals surface area contributed by atoms with E-state index in [-0.39, 0.29) is 0 Å². The molecule has 0 amide bonds. The van der Waals surface area contributed by atoms with Crippen LogP contribution >= 0.6 is 11.8 Å². The summed E-state index contributed by atoms with van der Waals surface area (Å²) in [6.07, 6.45) is 7.11. The van der Waals surface area contributed by atoms with Crippen LogP contribution in [0.25, 0.3) is 4.91 Å². The molecule has 3 N–H and O–H groups in total. The van der Waals surface area contributed by atoms with Gasteiger partial charge in [0.15, 0.2) is 0 Å². The molecule has 0 aromatic heterocycles. The highest BCUT2D eigenvalue weighted by Gasteiger charge is 2.19. The molecule has 0 bridgehead atoms. The first-order valence-corrected chi connectivity index (χ1v) is 12.6. The Morgan fingerprint density at radius 3 is 2.58 bits per heavy atom. The lowest BCUT2D eigenvalue weighted by Gasteiger charge is -2.23. The summed E-state index contributed by atoms with van der Waals surface area (Å²) in [5.41, 5.74) is 18.3. The third-order valence-electron chi connectivity index (χ3n) is 6.87. The lowest BCUT2D eigenvalue weighted by atomic mass is 9.92. The van der Waals surface area contributed by atoms with Crippen molar-refractivity contribution in [3.05, 3.63) is 86.1 Å². The van der Waals surface area contributed by atoms with E-state index in [1.54, 1.807) is 11.1 Å². The fourth-order valence-electron chi connectivity index (χ4n) is 5.02. The van der Waals surface area contributed by atoms with Gasteiger partial charge < -0.3 is 11.1 Å². The van der Waals surface area contributed by atoms with Crippen LogP contribution in [-0.2, 0) is 19.3 Å². The molecule has 1 atom stereocenters. The smallest absolute Gasteiger partial charge is 0.0379 e. The van der Waals surface area contributed by atoms with Gasteiger partial charge in [0.1, 0.15) is 0 Å². The number of nitrogens with one attached hydrogen (secondary N) is 1. The summed E-state index contributed by atoms with van der Waals surface area (Å²) in [5.74, 6) is 0.666. The van der Waals surface area contributed by atoms with Crippen LogP contribution in [0.3, 0.4) is 0 Å². The van der Waals surface area contributed by atoms with E-state index in [9.17, 15) is 0 Å². The summed E-state index contributed by atoms with van der Waals surface area (Å²) in [7, 11) is 0. The number of hydrogen-bond donors (Lipinski definition) is 2. The number of nitrogens with two attached hydrogens (primary N) is 1. The quantitative estimate of drug-likeness (QED) is 0.514. The van der Waals surface area contributed by atoms with Gasteiger partial charge in [-0.15, -0.1) is 0 Å². The number of hydrogen-bond acceptors (Lipinski definition) is 3. The van der Waals surface area contributed by atoms with Gasteiger partial charge in [0.2, 0.25) is 0 Å². The van der Waals surface area contributed by atoms with Crippen molar-refractivity contribution >= 4 is 16.7 Å². The van der Waals surface area contributed by atoms with Gasteiger partial charge in [-0.2, -0.15) is 0 Å². The van der Waals surface area contributed by atoms with Crippen molar-refractivity contribution in [2.45, 2.75) is 72.1 Å². The molecule has 3 heteroatoms. The Hall–Kier alpha value is -1.97. The van der Waals surface area contributed by atoms with E-state index in [4.69, 9.17) is 5.73 Å². The second-order valence-electron chi connectivity index (χ2n) is 9.32. The lowest BCUT2D eigenvalue weighted by Crippen LogP contribution is -2.17. The first-order chi connectivity index (χ1) is 15.0. The second kappa shape index (κ2) is 9.67. The van der Waals surface area contributed by atoms with E-state index in [1.807, 2.05) is 11.8 Å². The zero-order valence-corrected chi connectivity index (χ0v) is 20.3. The van der Waals surface area contributed by atoms with Crippen molar-refractivity contribution < 1.29 is 0 Å². The van der Waals surface area contributed by atoms with E-state index in [0.717, 1.165) is 12.8 Å². The minimum absolute atomic E-state index is 0.666. The maximum atomic E-state index is 5.77. The van der Waals surface area contributed by atoms with Crippen LogP contribution in [0.15, 0.2) is 47.1 Å². The summed E-state index contributed by atoms with van der Waals surface area (Å²) < 4.78 is 0. The van der Waals surface area contributed by atoms with E-state index in [2.05, 4.69) is 68.8 Å². The lowest BCUT2D eigenvalue weighted by molar-refractivity contribution is 0.635. The summed E-state index contributed by atoms with van der Waals surface area (Å²) in [6.45, 7) is 9.73. The molecule has 1 aliphatic heterocycles. The van der Waals surface area contributed by atoms with E-state index in [1.165, 1.54) is 69.8 Å². The average Bonchev–Trinajstić information content (AvgIpc) is 2.93. The topological polar surface area (TPSA) is 38.0 Å². The first kappa shape index (κ1) is 22.2. The van der Waals surface area contributed by atoms with Gasteiger partial charge in [-0.1, -0.05) is 55.4 Å². The van der Waals surface area contributed by atoms with Gasteiger partial charge in [-0.3, -0.25) is 0 Å². The monoisotopic (exact) mass is 432 g/mol. The van der Waals surface area contributed by atoms with Crippen molar-refractivity contribution in [1.82, 2.24) is 5.32 Å². The summed E-state index contributed by atoms with van der Waals surface area (Å²) in [4.78, 5) is 1.36. The van der Waals surface area contributed by atoms with Crippen LogP contribution in [0, 0.1) is 13.8 Å². The van der Waals surface area contributed by atoms with Crippen molar-refractivity contribution in [2.24, 2.45) is 5.73 Å². The Morgan fingerprint density at radius 1 is 1.03 bits per heavy atom. The zero-order chi connectivity index (χ0) is 22.0. The number of thioether (sulfide) groups is 1. The Morgan fingerprint density at radius 2 is 1.81 bits per heavy atom. The van der Waals surface area contributed by atoms with Crippen LogP contribution in [0.4, 0.5) is 0 Å². The molecular weight excluding hydrogens is 396 g/mol. The van der Waals surface area contributed by atoms with Gasteiger partial charge in [0.05, 0.1) is 0 Å². The standard InChI is InChI=1S/C28H36N2S/c1-18-7-5-6-8-22-9-10-24(16-27(18)22)28-21(4)30-26(17-31-28)15-25-14-19(2)23(11-12-29)13-20(25)3/h9-10,13-14,16-18,30H,5-8,11-12,15,29H2,1-4H3. The van der Waals surface area contributed by atoms with Crippen LogP contribution in [0.5, 0.6) is 0 Å². The maximum Gasteiger partial charge on any atom is 0.0379 e.